The van der Waals surface area contributed by atoms with Crippen LogP contribution in [0.1, 0.15) is 19.4 Å². The van der Waals surface area contributed by atoms with E-state index in [2.05, 4.69) is 5.32 Å². The van der Waals surface area contributed by atoms with Crippen molar-refractivity contribution in [3.8, 4) is 5.75 Å². The molecule has 5 heteroatoms. The van der Waals surface area contributed by atoms with Crippen LogP contribution in [0.3, 0.4) is 0 Å². The third-order valence-corrected chi connectivity index (χ3v) is 3.04. The summed E-state index contributed by atoms with van der Waals surface area (Å²) in [5.41, 5.74) is 0.676. The van der Waals surface area contributed by atoms with Gasteiger partial charge in [0.15, 0.2) is 0 Å². The number of nitrogens with one attached hydrogen (secondary N) is 1. The molecule has 0 saturated carbocycles. The van der Waals surface area contributed by atoms with Crippen molar-refractivity contribution in [2.24, 2.45) is 11.8 Å². The molecule has 0 radical (unpaired) electrons. The molecule has 19 heavy (non-hydrogen) atoms. The molecule has 0 aliphatic rings. The Morgan fingerprint density at radius 3 is 2.68 bits per heavy atom. The van der Waals surface area contributed by atoms with E-state index in [0.717, 1.165) is 0 Å². The summed E-state index contributed by atoms with van der Waals surface area (Å²) in [6.45, 7) is 4.44. The fourth-order valence-corrected chi connectivity index (χ4v) is 1.86. The molecule has 0 aromatic heterocycles. The van der Waals surface area contributed by atoms with E-state index in [4.69, 9.17) is 9.84 Å². The second kappa shape index (κ2) is 7.09. The highest BCUT2D eigenvalue weighted by molar-refractivity contribution is 5.70. The number of aliphatic carboxylic acids is 1. The Balaban J connectivity index is 2.62. The van der Waals surface area contributed by atoms with Gasteiger partial charge in [-0.1, -0.05) is 13.8 Å². The van der Waals surface area contributed by atoms with E-state index in [1.807, 2.05) is 13.8 Å². The van der Waals surface area contributed by atoms with Crippen molar-refractivity contribution in [3.63, 3.8) is 0 Å². The van der Waals surface area contributed by atoms with Crippen LogP contribution in [0.25, 0.3) is 0 Å². The summed E-state index contributed by atoms with van der Waals surface area (Å²) < 4.78 is 18.3. The molecule has 2 N–H and O–H groups in total. The van der Waals surface area contributed by atoms with E-state index < -0.39 is 11.9 Å². The van der Waals surface area contributed by atoms with Gasteiger partial charge in [-0.25, -0.2) is 4.39 Å². The van der Waals surface area contributed by atoms with Crippen LogP contribution in [-0.2, 0) is 11.3 Å². The lowest BCUT2D eigenvalue weighted by atomic mass is 9.96. The van der Waals surface area contributed by atoms with Gasteiger partial charge in [-0.05, 0) is 24.1 Å². The minimum absolute atomic E-state index is 0.0411. The maximum atomic E-state index is 13.1. The highest BCUT2D eigenvalue weighted by atomic mass is 19.1. The van der Waals surface area contributed by atoms with Crippen LogP contribution >= 0.6 is 0 Å². The first-order chi connectivity index (χ1) is 8.95. The molecule has 0 amide bonds. The average molecular weight is 269 g/mol. The van der Waals surface area contributed by atoms with Crippen molar-refractivity contribution in [2.45, 2.75) is 20.4 Å². The monoisotopic (exact) mass is 269 g/mol. The van der Waals surface area contributed by atoms with Crippen molar-refractivity contribution in [1.82, 2.24) is 5.32 Å². The SMILES string of the molecule is COc1ccc(F)cc1CNCC(C(=O)O)C(C)C. The number of carboxylic acids is 1. The van der Waals surface area contributed by atoms with Crippen molar-refractivity contribution in [3.05, 3.63) is 29.6 Å². The van der Waals surface area contributed by atoms with Crippen molar-refractivity contribution >= 4 is 5.97 Å². The second-order valence-electron chi connectivity index (χ2n) is 4.78. The molecular formula is C14H20FNO3. The maximum Gasteiger partial charge on any atom is 0.308 e. The highest BCUT2D eigenvalue weighted by Crippen LogP contribution is 2.19. The van der Waals surface area contributed by atoms with E-state index in [-0.39, 0.29) is 11.7 Å². The maximum absolute atomic E-state index is 13.1. The standard InChI is InChI=1S/C14H20FNO3/c1-9(2)12(14(17)18)8-16-7-10-6-11(15)4-5-13(10)19-3/h4-6,9,12,16H,7-8H2,1-3H3,(H,17,18). The molecule has 4 nitrogen and oxygen atoms in total. The summed E-state index contributed by atoms with van der Waals surface area (Å²) in [6, 6.07) is 4.27. The quantitative estimate of drug-likeness (QED) is 0.797. The molecule has 0 heterocycles. The fraction of sp³-hybridized carbons (Fsp3) is 0.500. The van der Waals surface area contributed by atoms with Crippen LogP contribution in [0.2, 0.25) is 0 Å². The third-order valence-electron chi connectivity index (χ3n) is 3.04. The number of ether oxygens (including phenoxy) is 1. The van der Waals surface area contributed by atoms with Gasteiger partial charge in [-0.2, -0.15) is 0 Å². The Morgan fingerprint density at radius 2 is 2.16 bits per heavy atom. The predicted molar refractivity (Wildman–Crippen MR) is 70.6 cm³/mol. The normalized spacial score (nSPS) is 12.5. The summed E-state index contributed by atoms with van der Waals surface area (Å²) in [7, 11) is 1.52. The van der Waals surface area contributed by atoms with E-state index in [1.165, 1.54) is 19.2 Å². The highest BCUT2D eigenvalue weighted by Gasteiger charge is 2.20. The molecule has 1 aromatic rings. The Hall–Kier alpha value is -1.62. The lowest BCUT2D eigenvalue weighted by molar-refractivity contribution is -0.143. The van der Waals surface area contributed by atoms with E-state index in [9.17, 15) is 9.18 Å². The molecule has 0 spiro atoms. The van der Waals surface area contributed by atoms with Crippen LogP contribution in [-0.4, -0.2) is 24.7 Å². The molecule has 0 saturated heterocycles. The third kappa shape index (κ3) is 4.52. The van der Waals surface area contributed by atoms with Crippen molar-refractivity contribution < 1.29 is 19.0 Å². The number of methoxy groups -OCH3 is 1. The smallest absolute Gasteiger partial charge is 0.308 e. The predicted octanol–water partition coefficient (Wildman–Crippen LogP) is 2.28. The second-order valence-corrected chi connectivity index (χ2v) is 4.78. The van der Waals surface area contributed by atoms with Crippen molar-refractivity contribution in [1.29, 1.82) is 0 Å². The Kier molecular flexibility index (Phi) is 5.76. The van der Waals surface area contributed by atoms with Crippen LogP contribution in [0.4, 0.5) is 4.39 Å². The fourth-order valence-electron chi connectivity index (χ4n) is 1.86. The molecule has 0 bridgehead atoms. The van der Waals surface area contributed by atoms with Gasteiger partial charge in [0.05, 0.1) is 13.0 Å². The molecule has 0 fully saturated rings. The first-order valence-corrected chi connectivity index (χ1v) is 6.21. The summed E-state index contributed by atoms with van der Waals surface area (Å²) >= 11 is 0. The zero-order valence-corrected chi connectivity index (χ0v) is 11.4. The summed E-state index contributed by atoms with van der Waals surface area (Å²) in [5, 5.41) is 12.1. The molecule has 1 aromatic carbocycles. The number of carboxylic acid groups (broad SMARTS) is 1. The Morgan fingerprint density at radius 1 is 1.47 bits per heavy atom. The number of halogens is 1. The number of hydrogen-bond donors (Lipinski definition) is 2. The molecular weight excluding hydrogens is 249 g/mol. The van der Waals surface area contributed by atoms with Gasteiger partial charge in [-0.3, -0.25) is 4.79 Å². The van der Waals surface area contributed by atoms with E-state index in [0.29, 0.717) is 24.4 Å². The summed E-state index contributed by atoms with van der Waals surface area (Å²) in [6.07, 6.45) is 0. The lowest BCUT2D eigenvalue weighted by Crippen LogP contribution is -2.31. The first kappa shape index (κ1) is 15.4. The molecule has 1 rings (SSSR count). The average Bonchev–Trinajstić information content (AvgIpc) is 2.33. The molecule has 1 unspecified atom stereocenters. The lowest BCUT2D eigenvalue weighted by Gasteiger charge is -2.17. The van der Waals surface area contributed by atoms with Gasteiger partial charge >= 0.3 is 5.97 Å². The number of rotatable bonds is 7. The molecule has 1 atom stereocenters. The molecule has 0 aliphatic carbocycles. The van der Waals surface area contributed by atoms with Crippen molar-refractivity contribution in [2.75, 3.05) is 13.7 Å². The topological polar surface area (TPSA) is 58.6 Å². The van der Waals surface area contributed by atoms with Crippen LogP contribution in [0, 0.1) is 17.7 Å². The largest absolute Gasteiger partial charge is 0.496 e. The zero-order valence-electron chi connectivity index (χ0n) is 11.4. The Bertz CT molecular complexity index is 435. The molecule has 106 valence electrons. The van der Waals surface area contributed by atoms with Gasteiger partial charge < -0.3 is 15.2 Å². The Labute approximate surface area is 112 Å². The van der Waals surface area contributed by atoms with Gasteiger partial charge in [0, 0.05) is 18.7 Å². The minimum Gasteiger partial charge on any atom is -0.496 e. The van der Waals surface area contributed by atoms with Crippen LogP contribution < -0.4 is 10.1 Å². The summed E-state index contributed by atoms with van der Waals surface area (Å²) in [5.74, 6) is -0.991. The van der Waals surface area contributed by atoms with E-state index in [1.54, 1.807) is 6.07 Å². The van der Waals surface area contributed by atoms with Gasteiger partial charge in [0.1, 0.15) is 11.6 Å². The van der Waals surface area contributed by atoms with Gasteiger partial charge in [-0.15, -0.1) is 0 Å². The molecule has 0 aliphatic heterocycles. The summed E-state index contributed by atoms with van der Waals surface area (Å²) in [4.78, 5) is 11.0. The first-order valence-electron chi connectivity index (χ1n) is 6.21. The number of carbonyl (C=O) groups is 1. The minimum atomic E-state index is -0.825. The van der Waals surface area contributed by atoms with E-state index >= 15 is 0 Å². The zero-order chi connectivity index (χ0) is 14.4. The number of hydrogen-bond acceptors (Lipinski definition) is 3. The van der Waals surface area contributed by atoms with Gasteiger partial charge in [0.25, 0.3) is 0 Å². The van der Waals surface area contributed by atoms with Crippen LogP contribution in [0.15, 0.2) is 18.2 Å². The number of benzene rings is 1. The van der Waals surface area contributed by atoms with Crippen LogP contribution in [0.5, 0.6) is 5.75 Å². The van der Waals surface area contributed by atoms with Gasteiger partial charge in [0.2, 0.25) is 0 Å².